The Morgan fingerprint density at radius 3 is 2.42 bits per heavy atom. The van der Waals surface area contributed by atoms with Gasteiger partial charge in [0.1, 0.15) is 11.3 Å². The Bertz CT molecular complexity index is 1700. The van der Waals surface area contributed by atoms with E-state index in [4.69, 9.17) is 16.0 Å². The second kappa shape index (κ2) is 9.69. The maximum Gasteiger partial charge on any atom is 0.290 e. The van der Waals surface area contributed by atoms with Crippen molar-refractivity contribution in [3.63, 3.8) is 0 Å². The molecule has 3 aliphatic rings. The van der Waals surface area contributed by atoms with Gasteiger partial charge in [0.2, 0.25) is 5.91 Å². The van der Waals surface area contributed by atoms with Crippen LogP contribution in [0.15, 0.2) is 34.7 Å². The van der Waals surface area contributed by atoms with E-state index >= 15 is 0 Å². The van der Waals surface area contributed by atoms with Gasteiger partial charge in [-0.25, -0.2) is 18.2 Å². The summed E-state index contributed by atoms with van der Waals surface area (Å²) in [5.74, 6) is -4.60. The Morgan fingerprint density at radius 2 is 1.84 bits per heavy atom. The van der Waals surface area contributed by atoms with Crippen molar-refractivity contribution in [2.45, 2.75) is 68.9 Å². The van der Waals surface area contributed by atoms with E-state index in [2.05, 4.69) is 4.98 Å². The van der Waals surface area contributed by atoms with Crippen LogP contribution in [0.1, 0.15) is 62.6 Å². The number of halogens is 4. The fraction of sp³-hybridized carbons (Fsp3) is 0.484. The first-order valence-electron chi connectivity index (χ1n) is 14.1. The molecular weight excluding hydrogens is 585 g/mol. The quantitative estimate of drug-likeness (QED) is 0.404. The molecule has 12 heteroatoms. The predicted octanol–water partition coefficient (Wildman–Crippen LogP) is 5.70. The van der Waals surface area contributed by atoms with Crippen LogP contribution in [0, 0.1) is 23.1 Å². The number of amides is 2. The van der Waals surface area contributed by atoms with Gasteiger partial charge in [0.25, 0.3) is 11.8 Å². The lowest BCUT2D eigenvalue weighted by Gasteiger charge is -2.49. The Balaban J connectivity index is 1.34. The van der Waals surface area contributed by atoms with Gasteiger partial charge >= 0.3 is 0 Å². The van der Waals surface area contributed by atoms with Crippen molar-refractivity contribution in [3.8, 4) is 17.3 Å². The summed E-state index contributed by atoms with van der Waals surface area (Å²) < 4.78 is 48.6. The third-order valence-electron chi connectivity index (χ3n) is 8.94. The maximum atomic E-state index is 14.3. The largest absolute Gasteiger partial charge is 0.449 e. The molecule has 2 amide bonds. The number of hydrogen-bond acceptors (Lipinski definition) is 6. The third kappa shape index (κ3) is 5.04. The van der Waals surface area contributed by atoms with Crippen molar-refractivity contribution >= 4 is 34.5 Å². The number of nitriles is 1. The number of nitrogens with zero attached hydrogens (tertiary/aromatic N) is 4. The number of fused-ring (bicyclic) bond motifs is 1. The number of alkyl halides is 2. The highest BCUT2D eigenvalue weighted by Gasteiger charge is 2.59. The molecule has 226 valence electrons. The van der Waals surface area contributed by atoms with Gasteiger partial charge in [0.05, 0.1) is 33.3 Å². The molecule has 6 rings (SSSR count). The molecule has 2 saturated carbocycles. The molecule has 0 bridgehead atoms. The summed E-state index contributed by atoms with van der Waals surface area (Å²) >= 11 is 5.84. The molecule has 2 aliphatic carbocycles. The Morgan fingerprint density at radius 1 is 1.14 bits per heavy atom. The van der Waals surface area contributed by atoms with Gasteiger partial charge in [-0.15, -0.1) is 0 Å². The highest BCUT2D eigenvalue weighted by Crippen LogP contribution is 2.55. The Hall–Kier alpha value is -3.62. The van der Waals surface area contributed by atoms with Crippen LogP contribution in [-0.4, -0.2) is 68.4 Å². The minimum Gasteiger partial charge on any atom is -0.449 e. The van der Waals surface area contributed by atoms with Crippen molar-refractivity contribution in [1.82, 2.24) is 14.8 Å². The number of benzene rings is 1. The summed E-state index contributed by atoms with van der Waals surface area (Å²) in [5, 5.41) is 20.0. The Kier molecular flexibility index (Phi) is 6.64. The van der Waals surface area contributed by atoms with Crippen LogP contribution in [0.3, 0.4) is 0 Å². The van der Waals surface area contributed by atoms with E-state index in [1.165, 1.54) is 24.3 Å². The van der Waals surface area contributed by atoms with E-state index < -0.39 is 47.0 Å². The monoisotopic (exact) mass is 614 g/mol. The molecular formula is C31H30ClF3N4O4. The van der Waals surface area contributed by atoms with Crippen molar-refractivity contribution in [3.05, 3.63) is 52.5 Å². The molecule has 0 radical (unpaired) electrons. The molecule has 1 aromatic carbocycles. The standard InChI is InChI=1S/C31H30ClF3N4O4/c1-28(2)16-38(26(40)18-11-29(3,42)12-18)6-7-39(28)27(41)24-10-23-25(43-24)19(30(15-36)13-31(34,35)14-30)9-22(37-23)17-4-5-20(32)21(33)8-17/h4-5,8-10,18,42H,6-7,11-14,16H2,1-3H3. The normalized spacial score (nSPS) is 25.5. The van der Waals surface area contributed by atoms with E-state index in [9.17, 15) is 33.1 Å². The molecule has 1 saturated heterocycles. The first-order chi connectivity index (χ1) is 20.0. The van der Waals surface area contributed by atoms with Crippen LogP contribution in [-0.2, 0) is 10.2 Å². The van der Waals surface area contributed by atoms with Gasteiger partial charge in [-0.3, -0.25) is 9.59 Å². The minimum absolute atomic E-state index is 0.0437. The number of aliphatic hydroxyl groups is 1. The molecule has 0 spiro atoms. The molecule has 1 aliphatic heterocycles. The number of aromatic nitrogens is 1. The number of pyridine rings is 1. The topological polar surface area (TPSA) is 111 Å². The van der Waals surface area contributed by atoms with Gasteiger partial charge < -0.3 is 19.3 Å². The zero-order chi connectivity index (χ0) is 31.1. The van der Waals surface area contributed by atoms with Gasteiger partial charge in [-0.2, -0.15) is 5.26 Å². The zero-order valence-corrected chi connectivity index (χ0v) is 24.6. The summed E-state index contributed by atoms with van der Waals surface area (Å²) in [6.45, 7) is 6.18. The zero-order valence-electron chi connectivity index (χ0n) is 23.9. The number of piperazine rings is 1. The second-order valence-corrected chi connectivity index (χ2v) is 13.5. The van der Waals surface area contributed by atoms with Crippen LogP contribution < -0.4 is 0 Å². The van der Waals surface area contributed by atoms with Gasteiger partial charge in [-0.1, -0.05) is 17.7 Å². The third-order valence-corrected chi connectivity index (χ3v) is 9.24. The van der Waals surface area contributed by atoms with E-state index in [1.807, 2.05) is 19.9 Å². The molecule has 0 unspecified atom stereocenters. The molecule has 1 N–H and O–H groups in total. The molecule has 3 heterocycles. The number of hydrogen-bond donors (Lipinski definition) is 1. The van der Waals surface area contributed by atoms with Gasteiger partial charge in [0, 0.05) is 55.6 Å². The lowest BCUT2D eigenvalue weighted by Crippen LogP contribution is -2.63. The SMILES string of the molecule is CC1(O)CC(C(=O)N2CCN(C(=O)c3cc4nc(-c5ccc(Cl)c(F)c5)cc(C5(C#N)CC(F)(F)C5)c4o3)C(C)(C)C2)C1. The van der Waals surface area contributed by atoms with E-state index in [0.29, 0.717) is 24.9 Å². The predicted molar refractivity (Wildman–Crippen MR) is 151 cm³/mol. The smallest absolute Gasteiger partial charge is 0.290 e. The fourth-order valence-electron chi connectivity index (χ4n) is 6.73. The fourth-order valence-corrected chi connectivity index (χ4v) is 6.85. The molecule has 3 aromatic rings. The number of furan rings is 1. The van der Waals surface area contributed by atoms with Crippen LogP contribution in [0.5, 0.6) is 0 Å². The molecule has 2 aromatic heterocycles. The number of rotatable bonds is 4. The van der Waals surface area contributed by atoms with Gasteiger partial charge in [0.15, 0.2) is 11.3 Å². The highest BCUT2D eigenvalue weighted by atomic mass is 35.5. The molecule has 43 heavy (non-hydrogen) atoms. The Labute approximate surface area is 251 Å². The molecule has 8 nitrogen and oxygen atoms in total. The van der Waals surface area contributed by atoms with E-state index in [-0.39, 0.29) is 58.1 Å². The summed E-state index contributed by atoms with van der Waals surface area (Å²) in [7, 11) is 0. The summed E-state index contributed by atoms with van der Waals surface area (Å²) in [5.41, 5.74) is -2.30. The van der Waals surface area contributed by atoms with Crippen LogP contribution in [0.4, 0.5) is 13.2 Å². The molecule has 0 atom stereocenters. The summed E-state index contributed by atoms with van der Waals surface area (Å²) in [6, 6.07) is 8.90. The van der Waals surface area contributed by atoms with Crippen molar-refractivity contribution < 1.29 is 32.3 Å². The first kappa shape index (κ1) is 29.5. The van der Waals surface area contributed by atoms with Crippen LogP contribution >= 0.6 is 11.6 Å². The summed E-state index contributed by atoms with van der Waals surface area (Å²) in [6.07, 6.45) is -0.651. The van der Waals surface area contributed by atoms with E-state index in [0.717, 1.165) is 6.07 Å². The first-order valence-corrected chi connectivity index (χ1v) is 14.4. The van der Waals surface area contributed by atoms with Crippen molar-refractivity contribution in [1.29, 1.82) is 5.26 Å². The average molecular weight is 615 g/mol. The second-order valence-electron chi connectivity index (χ2n) is 13.0. The molecule has 3 fully saturated rings. The summed E-state index contributed by atoms with van der Waals surface area (Å²) in [4.78, 5) is 34.7. The van der Waals surface area contributed by atoms with Crippen LogP contribution in [0.25, 0.3) is 22.4 Å². The van der Waals surface area contributed by atoms with Crippen molar-refractivity contribution in [2.24, 2.45) is 5.92 Å². The number of carbonyl (C=O) groups excluding carboxylic acids is 2. The highest BCUT2D eigenvalue weighted by molar-refractivity contribution is 6.30. The minimum atomic E-state index is -3.04. The van der Waals surface area contributed by atoms with E-state index in [1.54, 1.807) is 16.7 Å². The number of carbonyl (C=O) groups is 2. The van der Waals surface area contributed by atoms with Crippen LogP contribution in [0.2, 0.25) is 5.02 Å². The van der Waals surface area contributed by atoms with Crippen molar-refractivity contribution in [2.75, 3.05) is 19.6 Å². The lowest BCUT2D eigenvalue weighted by atomic mass is 9.63. The van der Waals surface area contributed by atoms with Gasteiger partial charge in [-0.05, 0) is 51.8 Å². The average Bonchev–Trinajstić information content (AvgIpc) is 3.34. The lowest BCUT2D eigenvalue weighted by molar-refractivity contribution is -0.153. The maximum absolute atomic E-state index is 14.3.